The molecule has 1 atom stereocenters. The van der Waals surface area contributed by atoms with Gasteiger partial charge < -0.3 is 16.2 Å². The summed E-state index contributed by atoms with van der Waals surface area (Å²) in [5.41, 5.74) is 7.99. The molecule has 0 bridgehead atoms. The lowest BCUT2D eigenvalue weighted by Crippen LogP contribution is -2.26. The zero-order valence-corrected chi connectivity index (χ0v) is 17.3. The summed E-state index contributed by atoms with van der Waals surface area (Å²) in [5.74, 6) is 1.64. The fourth-order valence-corrected chi connectivity index (χ4v) is 4.39. The van der Waals surface area contributed by atoms with Crippen LogP contribution in [-0.4, -0.2) is 32.7 Å². The van der Waals surface area contributed by atoms with Gasteiger partial charge >= 0.3 is 0 Å². The lowest BCUT2D eigenvalue weighted by Gasteiger charge is -2.19. The van der Waals surface area contributed by atoms with Gasteiger partial charge in [0, 0.05) is 5.75 Å². The number of aliphatic hydroxyl groups is 1. The highest BCUT2D eigenvalue weighted by Gasteiger charge is 2.17. The molecule has 0 saturated heterocycles. The largest absolute Gasteiger partial charge is 0.394 e. The van der Waals surface area contributed by atoms with Gasteiger partial charge in [-0.25, -0.2) is 15.0 Å². The third-order valence-electron chi connectivity index (χ3n) is 4.06. The molecule has 0 fully saturated rings. The summed E-state index contributed by atoms with van der Waals surface area (Å²) >= 11 is 2.76. The third-order valence-corrected chi connectivity index (χ3v) is 5.84. The Hall–Kier alpha value is -2.41. The molecule has 4 N–H and O–H groups in total. The van der Waals surface area contributed by atoms with E-state index in [4.69, 9.17) is 5.73 Å². The molecule has 0 saturated carbocycles. The maximum atomic E-state index is 9.71. The first-order valence-electron chi connectivity index (χ1n) is 8.92. The van der Waals surface area contributed by atoms with Crippen LogP contribution in [0.25, 0.3) is 10.3 Å². The first-order chi connectivity index (χ1) is 13.5. The number of anilines is 2. The molecule has 3 rings (SSSR count). The molecule has 2 aromatic heterocycles. The second-order valence-electron chi connectivity index (χ2n) is 6.77. The van der Waals surface area contributed by atoms with Crippen molar-refractivity contribution in [2.24, 2.45) is 5.92 Å². The minimum atomic E-state index is -0.112. The van der Waals surface area contributed by atoms with E-state index in [-0.39, 0.29) is 12.6 Å². The van der Waals surface area contributed by atoms with Gasteiger partial charge in [-0.3, -0.25) is 0 Å². The average molecular weight is 415 g/mol. The molecule has 3 aromatic rings. The maximum Gasteiger partial charge on any atom is 0.191 e. The second-order valence-corrected chi connectivity index (χ2v) is 8.74. The average Bonchev–Trinajstić information content (AvgIpc) is 3.06. The molecule has 1 unspecified atom stereocenters. The van der Waals surface area contributed by atoms with E-state index in [0.717, 1.165) is 16.7 Å². The fourth-order valence-electron chi connectivity index (χ4n) is 2.82. The summed E-state index contributed by atoms with van der Waals surface area (Å²) in [6, 6.07) is 9.57. The number of rotatable bonds is 8. The normalized spacial score (nSPS) is 12.2. The molecule has 0 aliphatic heterocycles. The number of aromatic nitrogens is 3. The smallest absolute Gasteiger partial charge is 0.191 e. The molecule has 0 aliphatic rings. The predicted octanol–water partition coefficient (Wildman–Crippen LogP) is 3.65. The van der Waals surface area contributed by atoms with Gasteiger partial charge in [0.2, 0.25) is 0 Å². The Bertz CT molecular complexity index is 998. The van der Waals surface area contributed by atoms with Crippen LogP contribution in [0.5, 0.6) is 0 Å². The molecule has 0 spiro atoms. The third kappa shape index (κ3) is 4.90. The van der Waals surface area contributed by atoms with Crippen LogP contribution in [0.2, 0.25) is 0 Å². The van der Waals surface area contributed by atoms with Crippen molar-refractivity contribution in [1.82, 2.24) is 15.0 Å². The maximum absolute atomic E-state index is 9.71. The Labute approximate surface area is 172 Å². The number of nitrogen functional groups attached to an aromatic ring is 1. The minimum absolute atomic E-state index is 0.00990. The lowest BCUT2D eigenvalue weighted by atomic mass is 10.0. The van der Waals surface area contributed by atoms with Gasteiger partial charge in [0.05, 0.1) is 24.3 Å². The van der Waals surface area contributed by atoms with Crippen molar-refractivity contribution in [1.29, 1.82) is 5.26 Å². The number of nitrogens with zero attached hydrogens (tertiary/aromatic N) is 4. The topological polar surface area (TPSA) is 121 Å². The van der Waals surface area contributed by atoms with Crippen LogP contribution in [0.4, 0.5) is 10.9 Å². The van der Waals surface area contributed by atoms with Crippen LogP contribution >= 0.6 is 23.1 Å². The van der Waals surface area contributed by atoms with Crippen molar-refractivity contribution in [2.75, 3.05) is 17.7 Å². The number of thiazole rings is 1. The summed E-state index contributed by atoms with van der Waals surface area (Å²) in [6.07, 6.45) is 0.814. The van der Waals surface area contributed by atoms with Crippen molar-refractivity contribution in [2.45, 2.75) is 37.2 Å². The Kier molecular flexibility index (Phi) is 6.67. The highest BCUT2D eigenvalue weighted by atomic mass is 32.2. The molecule has 28 heavy (non-hydrogen) atoms. The van der Waals surface area contributed by atoms with Crippen LogP contribution in [-0.2, 0) is 5.75 Å². The molecule has 1 aromatic carbocycles. The Balaban J connectivity index is 1.88. The second kappa shape index (κ2) is 9.19. The van der Waals surface area contributed by atoms with Gasteiger partial charge in [0.25, 0.3) is 0 Å². The zero-order valence-electron chi connectivity index (χ0n) is 15.7. The van der Waals surface area contributed by atoms with Gasteiger partial charge in [0.15, 0.2) is 21.8 Å². The van der Waals surface area contributed by atoms with Crippen LogP contribution < -0.4 is 11.1 Å². The van der Waals surface area contributed by atoms with Gasteiger partial charge in [-0.05, 0) is 24.0 Å². The van der Waals surface area contributed by atoms with Crippen molar-refractivity contribution < 1.29 is 5.11 Å². The monoisotopic (exact) mass is 414 g/mol. The highest BCUT2D eigenvalue weighted by molar-refractivity contribution is 7.98. The zero-order chi connectivity index (χ0) is 20.1. The van der Waals surface area contributed by atoms with Crippen LogP contribution in [0.1, 0.15) is 31.4 Å². The van der Waals surface area contributed by atoms with E-state index in [1.165, 1.54) is 23.1 Å². The van der Waals surface area contributed by atoms with E-state index in [0.29, 0.717) is 39.0 Å². The van der Waals surface area contributed by atoms with E-state index in [1.807, 2.05) is 18.2 Å². The van der Waals surface area contributed by atoms with Gasteiger partial charge in [-0.15, -0.1) is 0 Å². The number of thioether (sulfide) groups is 1. The van der Waals surface area contributed by atoms with Gasteiger partial charge in [-0.2, -0.15) is 5.26 Å². The Morgan fingerprint density at radius 1 is 1.29 bits per heavy atom. The van der Waals surface area contributed by atoms with Crippen LogP contribution in [0.3, 0.4) is 0 Å². The number of nitrogens with one attached hydrogen (secondary N) is 1. The number of fused-ring (bicyclic) bond motifs is 1. The molecule has 9 heteroatoms. The number of benzene rings is 1. The number of aliphatic hydroxyl groups excluding tert-OH is 1. The molecule has 7 nitrogen and oxygen atoms in total. The first kappa shape index (κ1) is 20.3. The summed E-state index contributed by atoms with van der Waals surface area (Å²) in [6.45, 7) is 4.23. The Morgan fingerprint density at radius 2 is 2.07 bits per heavy atom. The molecule has 0 radical (unpaired) electrons. The van der Waals surface area contributed by atoms with Gasteiger partial charge in [0.1, 0.15) is 4.70 Å². The molecule has 0 aliphatic carbocycles. The summed E-state index contributed by atoms with van der Waals surface area (Å²) < 4.78 is 0.779. The summed E-state index contributed by atoms with van der Waals surface area (Å²) in [5, 5.41) is 23.3. The number of hydrogen-bond acceptors (Lipinski definition) is 9. The highest BCUT2D eigenvalue weighted by Crippen LogP contribution is 2.32. The lowest BCUT2D eigenvalue weighted by molar-refractivity contribution is 0.259. The number of nitriles is 1. The van der Waals surface area contributed by atoms with Crippen molar-refractivity contribution in [3.63, 3.8) is 0 Å². The number of hydrogen-bond donors (Lipinski definition) is 3. The molecule has 0 amide bonds. The van der Waals surface area contributed by atoms with E-state index < -0.39 is 0 Å². The van der Waals surface area contributed by atoms with E-state index in [2.05, 4.69) is 40.2 Å². The first-order valence-corrected chi connectivity index (χ1v) is 10.7. The van der Waals surface area contributed by atoms with Crippen LogP contribution in [0, 0.1) is 17.2 Å². The molecular weight excluding hydrogens is 392 g/mol. The quantitative estimate of drug-likeness (QED) is 0.377. The van der Waals surface area contributed by atoms with E-state index in [9.17, 15) is 10.4 Å². The predicted molar refractivity (Wildman–Crippen MR) is 114 cm³/mol. The molecular formula is C19H22N6OS2. The molecule has 2 heterocycles. The molecule has 146 valence electrons. The van der Waals surface area contributed by atoms with E-state index >= 15 is 0 Å². The summed E-state index contributed by atoms with van der Waals surface area (Å²) in [4.78, 5) is 13.4. The number of nitrogens with two attached hydrogens (primary N) is 1. The fraction of sp³-hybridized carbons (Fsp3) is 0.368. The van der Waals surface area contributed by atoms with Gasteiger partial charge in [-0.1, -0.05) is 55.1 Å². The van der Waals surface area contributed by atoms with Crippen molar-refractivity contribution >= 4 is 44.4 Å². The van der Waals surface area contributed by atoms with Crippen molar-refractivity contribution in [3.8, 4) is 6.07 Å². The summed E-state index contributed by atoms with van der Waals surface area (Å²) in [7, 11) is 0. The van der Waals surface area contributed by atoms with Crippen LogP contribution in [0.15, 0.2) is 29.4 Å². The SMILES string of the molecule is CC(C)CC(CO)Nc1nc(SCc2ccccc2C#N)nc2nc(N)sc12. The Morgan fingerprint density at radius 3 is 2.79 bits per heavy atom. The minimum Gasteiger partial charge on any atom is -0.394 e. The van der Waals surface area contributed by atoms with E-state index in [1.54, 1.807) is 6.07 Å². The standard InChI is InChI=1S/C19H22N6OS2/c1-11(2)7-14(9-26)22-16-15-17(23-18(21)28-15)25-19(24-16)27-10-13-6-4-3-5-12(13)8-20/h3-6,11,14,26H,7,9-10H2,1-2H3,(H3,21,22,23,24,25). The van der Waals surface area contributed by atoms with Crippen molar-refractivity contribution in [3.05, 3.63) is 35.4 Å².